The van der Waals surface area contributed by atoms with Gasteiger partial charge in [0.1, 0.15) is 17.8 Å². The van der Waals surface area contributed by atoms with Crippen LogP contribution in [0.15, 0.2) is 41.9 Å². The molecule has 13 nitrogen and oxygen atoms in total. The van der Waals surface area contributed by atoms with Crippen LogP contribution in [0.3, 0.4) is 0 Å². The quantitative estimate of drug-likeness (QED) is 0.370. The molecule has 196 valence electrons. The number of hydrogen-bond acceptors (Lipinski definition) is 10. The minimum absolute atomic E-state index is 0.210. The minimum Gasteiger partial charge on any atom is -0.353 e. The van der Waals surface area contributed by atoms with E-state index in [4.69, 9.17) is 0 Å². The summed E-state index contributed by atoms with van der Waals surface area (Å²) < 4.78 is 1.64. The second kappa shape index (κ2) is 9.17. The lowest BCUT2D eigenvalue weighted by Gasteiger charge is -2.36. The van der Waals surface area contributed by atoms with Gasteiger partial charge in [0.05, 0.1) is 22.8 Å². The third-order valence-corrected chi connectivity index (χ3v) is 7.30. The van der Waals surface area contributed by atoms with E-state index in [1.165, 1.54) is 0 Å². The van der Waals surface area contributed by atoms with Crippen LogP contribution in [0.25, 0.3) is 22.3 Å². The van der Waals surface area contributed by atoms with Gasteiger partial charge in [-0.25, -0.2) is 14.6 Å². The van der Waals surface area contributed by atoms with E-state index < -0.39 is 0 Å². The summed E-state index contributed by atoms with van der Waals surface area (Å²) in [6.07, 6.45) is 1.58. The molecule has 0 aliphatic carbocycles. The first-order chi connectivity index (χ1) is 18.3. The number of aromatic amines is 1. The predicted molar refractivity (Wildman–Crippen MR) is 144 cm³/mol. The Morgan fingerprint density at radius 1 is 1.11 bits per heavy atom. The van der Waals surface area contributed by atoms with E-state index in [1.807, 2.05) is 50.1 Å². The van der Waals surface area contributed by atoms with Crippen molar-refractivity contribution in [2.24, 2.45) is 0 Å². The Kier molecular flexibility index (Phi) is 5.79. The number of piperazine rings is 1. The number of allylic oxidation sites excluding steroid dienone is 1. The number of aromatic nitrogens is 8. The first-order valence-corrected chi connectivity index (χ1v) is 12.7. The number of H-pyrrole nitrogens is 1. The number of nitrogens with zero attached hydrogens (tertiary/aromatic N) is 9. The molecule has 5 heterocycles. The van der Waals surface area contributed by atoms with Crippen molar-refractivity contribution in [1.82, 2.24) is 45.7 Å². The average molecular weight is 515 g/mol. The van der Waals surface area contributed by atoms with E-state index in [2.05, 4.69) is 65.1 Å². The molecule has 38 heavy (non-hydrogen) atoms. The molecule has 0 saturated carbocycles. The van der Waals surface area contributed by atoms with Crippen molar-refractivity contribution in [3.05, 3.63) is 41.9 Å². The first-order valence-electron chi connectivity index (χ1n) is 12.7. The molecule has 0 unspecified atom stereocenters. The van der Waals surface area contributed by atoms with E-state index in [9.17, 15) is 4.79 Å². The molecule has 3 atom stereocenters. The van der Waals surface area contributed by atoms with Crippen LogP contribution >= 0.6 is 0 Å². The number of carbonyl (C=O) groups is 1. The highest BCUT2D eigenvalue weighted by molar-refractivity contribution is 6.07. The fourth-order valence-corrected chi connectivity index (χ4v) is 5.42. The Morgan fingerprint density at radius 3 is 2.68 bits per heavy atom. The van der Waals surface area contributed by atoms with Crippen LogP contribution in [0.2, 0.25) is 0 Å². The van der Waals surface area contributed by atoms with Crippen molar-refractivity contribution in [3.63, 3.8) is 0 Å². The number of anilines is 3. The molecule has 3 N–H and O–H groups in total. The fraction of sp³-hybridized carbons (Fsp3) is 0.400. The Labute approximate surface area is 219 Å². The average Bonchev–Trinajstić information content (AvgIpc) is 3.55. The highest BCUT2D eigenvalue weighted by atomic mass is 16.1. The van der Waals surface area contributed by atoms with Gasteiger partial charge >= 0.3 is 0 Å². The van der Waals surface area contributed by atoms with E-state index in [0.29, 0.717) is 35.0 Å². The summed E-state index contributed by atoms with van der Waals surface area (Å²) in [5.74, 6) is 1.26. The van der Waals surface area contributed by atoms with Gasteiger partial charge in [0, 0.05) is 55.1 Å². The number of rotatable bonds is 4. The molecule has 1 fully saturated rings. The Balaban J connectivity index is 1.29. The van der Waals surface area contributed by atoms with E-state index in [0.717, 1.165) is 41.2 Å². The molecule has 13 heteroatoms. The molecule has 0 radical (unpaired) electrons. The van der Waals surface area contributed by atoms with Crippen molar-refractivity contribution in [3.8, 4) is 11.4 Å². The van der Waals surface area contributed by atoms with Crippen molar-refractivity contribution in [1.29, 1.82) is 0 Å². The monoisotopic (exact) mass is 514 g/mol. The number of benzene rings is 1. The maximum absolute atomic E-state index is 13.4. The van der Waals surface area contributed by atoms with Crippen LogP contribution in [0.4, 0.5) is 17.5 Å². The summed E-state index contributed by atoms with van der Waals surface area (Å²) in [6, 6.07) is 8.08. The lowest BCUT2D eigenvalue weighted by atomic mass is 10.0. The van der Waals surface area contributed by atoms with Gasteiger partial charge in [0.2, 0.25) is 5.95 Å². The maximum Gasteiger partial charge on any atom is 0.255 e. The van der Waals surface area contributed by atoms with Gasteiger partial charge in [-0.15, -0.1) is 0 Å². The third kappa shape index (κ3) is 4.04. The number of carbonyl (C=O) groups excluding carboxylic acids is 1. The molecule has 4 aromatic rings. The van der Waals surface area contributed by atoms with E-state index in [1.54, 1.807) is 11.0 Å². The molecule has 6 rings (SSSR count). The molecular weight excluding hydrogens is 484 g/mol. The second-order valence-corrected chi connectivity index (χ2v) is 10.1. The molecule has 1 aromatic carbocycles. The Bertz CT molecular complexity index is 1540. The molecule has 1 amide bonds. The van der Waals surface area contributed by atoms with Crippen LogP contribution in [0.1, 0.15) is 33.7 Å². The largest absolute Gasteiger partial charge is 0.353 e. The Morgan fingerprint density at radius 2 is 1.89 bits per heavy atom. The van der Waals surface area contributed by atoms with Crippen molar-refractivity contribution in [2.75, 3.05) is 35.3 Å². The van der Waals surface area contributed by atoms with Crippen LogP contribution < -0.4 is 20.4 Å². The molecule has 0 spiro atoms. The molecule has 0 bridgehead atoms. The summed E-state index contributed by atoms with van der Waals surface area (Å²) in [5.41, 5.74) is 4.32. The highest BCUT2D eigenvalue weighted by Crippen LogP contribution is 2.33. The molecular formula is C25H30N12O. The fourth-order valence-electron chi connectivity index (χ4n) is 5.42. The van der Waals surface area contributed by atoms with Gasteiger partial charge in [-0.3, -0.25) is 9.89 Å². The normalized spacial score (nSPS) is 21.7. The van der Waals surface area contributed by atoms with Crippen LogP contribution in [-0.4, -0.2) is 78.5 Å². The van der Waals surface area contributed by atoms with Gasteiger partial charge < -0.3 is 20.4 Å². The number of amides is 1. The number of tetrazole rings is 1. The lowest BCUT2D eigenvalue weighted by molar-refractivity contribution is -0.113. The van der Waals surface area contributed by atoms with Crippen molar-refractivity contribution >= 4 is 34.3 Å². The van der Waals surface area contributed by atoms with Gasteiger partial charge in [0.15, 0.2) is 0 Å². The van der Waals surface area contributed by atoms with Crippen LogP contribution in [-0.2, 0) is 4.79 Å². The molecule has 3 aromatic heterocycles. The molecule has 2 aliphatic heterocycles. The summed E-state index contributed by atoms with van der Waals surface area (Å²) in [7, 11) is 1.85. The predicted octanol–water partition coefficient (Wildman–Crippen LogP) is 2.12. The van der Waals surface area contributed by atoms with Crippen LogP contribution in [0.5, 0.6) is 0 Å². The standard InChI is InChI=1S/C25H30N12O/c1-13-10-36(11-14(2)28-13)21-9-20(26-12-27-21)23-18-8-17(6-7-19(18)30-31-23)29-24(38)22-15(3)35(5)25-32-33-34-37(25)16(22)4/h6-9,12-14,16,28H,10-11H2,1-5H3,(H,29,38)(H,30,31)/t13-,14+,16-/m0/s1. The summed E-state index contributed by atoms with van der Waals surface area (Å²) >= 11 is 0. The zero-order valence-electron chi connectivity index (χ0n) is 22.0. The number of hydrogen-bond donors (Lipinski definition) is 3. The Hall–Kier alpha value is -4.39. The zero-order chi connectivity index (χ0) is 26.6. The van der Waals surface area contributed by atoms with Gasteiger partial charge in [0.25, 0.3) is 5.91 Å². The second-order valence-electron chi connectivity index (χ2n) is 10.1. The van der Waals surface area contributed by atoms with E-state index >= 15 is 0 Å². The first kappa shape index (κ1) is 24.0. The SMILES string of the molecule is CC1=C(C(=O)Nc2ccc3[nH]nc(-c4cc(N5C[C@@H](C)N[C@@H](C)C5)ncn4)c3c2)[C@H](C)n2nnnc2N1C. The minimum atomic E-state index is -0.306. The lowest BCUT2D eigenvalue weighted by Crippen LogP contribution is -2.54. The summed E-state index contributed by atoms with van der Waals surface area (Å²) in [5, 5.41) is 27.0. The third-order valence-electron chi connectivity index (χ3n) is 7.30. The van der Waals surface area contributed by atoms with Gasteiger partial charge in [-0.05, 0) is 56.3 Å². The zero-order valence-corrected chi connectivity index (χ0v) is 22.0. The summed E-state index contributed by atoms with van der Waals surface area (Å²) in [4.78, 5) is 26.6. The summed E-state index contributed by atoms with van der Waals surface area (Å²) in [6.45, 7) is 9.89. The van der Waals surface area contributed by atoms with Crippen molar-refractivity contribution in [2.45, 2.75) is 45.8 Å². The smallest absolute Gasteiger partial charge is 0.255 e. The topological polar surface area (TPSA) is 146 Å². The highest BCUT2D eigenvalue weighted by Gasteiger charge is 2.32. The van der Waals surface area contributed by atoms with E-state index in [-0.39, 0.29) is 11.9 Å². The van der Waals surface area contributed by atoms with Gasteiger partial charge in [-0.1, -0.05) is 5.10 Å². The molecule has 1 saturated heterocycles. The maximum atomic E-state index is 13.4. The van der Waals surface area contributed by atoms with Crippen LogP contribution in [0, 0.1) is 0 Å². The number of nitrogens with one attached hydrogen (secondary N) is 3. The number of fused-ring (bicyclic) bond motifs is 2. The molecule has 2 aliphatic rings. The van der Waals surface area contributed by atoms with Crippen molar-refractivity contribution < 1.29 is 4.79 Å². The van der Waals surface area contributed by atoms with Gasteiger partial charge in [-0.2, -0.15) is 5.10 Å².